The van der Waals surface area contributed by atoms with Crippen molar-refractivity contribution in [3.05, 3.63) is 112 Å². The van der Waals surface area contributed by atoms with Gasteiger partial charge in [-0.3, -0.25) is 0 Å². The summed E-state index contributed by atoms with van der Waals surface area (Å²) in [5, 5.41) is 10.4. The van der Waals surface area contributed by atoms with Crippen LogP contribution in [0.3, 0.4) is 0 Å². The van der Waals surface area contributed by atoms with Crippen molar-refractivity contribution in [1.29, 1.82) is 5.26 Å². The second-order valence-corrected chi connectivity index (χ2v) is 7.04. The summed E-state index contributed by atoms with van der Waals surface area (Å²) >= 11 is 0. The average molecular weight is 392 g/mol. The molecule has 1 aromatic heterocycles. The number of fused-ring (bicyclic) bond motifs is 3. The van der Waals surface area contributed by atoms with Crippen LogP contribution in [0.4, 0.5) is 0 Å². The quantitative estimate of drug-likeness (QED) is 0.501. The third-order valence-corrected chi connectivity index (χ3v) is 5.33. The van der Waals surface area contributed by atoms with Crippen LogP contribution in [0.25, 0.3) is 22.1 Å². The first-order valence-corrected chi connectivity index (χ1v) is 9.46. The molecule has 5 nitrogen and oxygen atoms in total. The number of nitriles is 1. The van der Waals surface area contributed by atoms with Crippen LogP contribution in [0.2, 0.25) is 0 Å². The van der Waals surface area contributed by atoms with Gasteiger partial charge in [-0.15, -0.1) is 0 Å². The zero-order valence-corrected chi connectivity index (χ0v) is 15.8. The number of hydrogen-bond acceptors (Lipinski definition) is 5. The van der Waals surface area contributed by atoms with Gasteiger partial charge in [0.25, 0.3) is 0 Å². The summed E-state index contributed by atoms with van der Waals surface area (Å²) in [6, 6.07) is 26.9. The molecule has 0 saturated carbocycles. The molecule has 0 bridgehead atoms. The van der Waals surface area contributed by atoms with Crippen LogP contribution in [0.1, 0.15) is 17.0 Å². The number of hydrogen-bond donors (Lipinski definition) is 1. The maximum atomic E-state index is 12.9. The topological polar surface area (TPSA) is 89.3 Å². The van der Waals surface area contributed by atoms with Crippen molar-refractivity contribution in [2.24, 2.45) is 5.73 Å². The zero-order valence-electron chi connectivity index (χ0n) is 15.8. The summed E-state index contributed by atoms with van der Waals surface area (Å²) < 4.78 is 11.3. The van der Waals surface area contributed by atoms with Crippen LogP contribution >= 0.6 is 0 Å². The van der Waals surface area contributed by atoms with Gasteiger partial charge in [0.05, 0.1) is 16.9 Å². The summed E-state index contributed by atoms with van der Waals surface area (Å²) in [6.07, 6.45) is 0. The molecule has 2 N–H and O–H groups in total. The number of nitrogens with two attached hydrogens (primary N) is 1. The molecule has 5 heteroatoms. The van der Waals surface area contributed by atoms with Crippen molar-refractivity contribution in [3.63, 3.8) is 0 Å². The molecule has 30 heavy (non-hydrogen) atoms. The van der Waals surface area contributed by atoms with E-state index < -0.39 is 11.5 Å². The molecular formula is C25H16N2O3. The summed E-state index contributed by atoms with van der Waals surface area (Å²) in [4.78, 5) is 12.9. The zero-order chi connectivity index (χ0) is 20.7. The molecule has 0 amide bonds. The summed E-state index contributed by atoms with van der Waals surface area (Å²) in [7, 11) is 0. The molecule has 3 aromatic carbocycles. The highest BCUT2D eigenvalue weighted by atomic mass is 16.5. The van der Waals surface area contributed by atoms with E-state index in [4.69, 9.17) is 14.9 Å². The van der Waals surface area contributed by atoms with Gasteiger partial charge in [0.1, 0.15) is 17.2 Å². The van der Waals surface area contributed by atoms with Gasteiger partial charge in [-0.1, -0.05) is 66.7 Å². The maximum Gasteiger partial charge on any atom is 0.344 e. The Bertz CT molecular complexity index is 1390. The Morgan fingerprint density at radius 2 is 1.53 bits per heavy atom. The fourth-order valence-electron chi connectivity index (χ4n) is 3.90. The molecule has 5 rings (SSSR count). The fraction of sp³-hybridized carbons (Fsp3) is 0.0400. The Labute approximate surface area is 172 Å². The predicted molar refractivity (Wildman–Crippen MR) is 114 cm³/mol. The molecular weight excluding hydrogens is 376 g/mol. The molecule has 0 aliphatic carbocycles. The SMILES string of the molecule is N#CC1=C(N)Oc2c(c(=O)oc3ccccc23)C1c1ccc(-c2ccccc2)cc1. The molecule has 1 atom stereocenters. The average Bonchev–Trinajstić information content (AvgIpc) is 2.79. The van der Waals surface area contributed by atoms with Crippen molar-refractivity contribution in [3.8, 4) is 22.9 Å². The summed E-state index contributed by atoms with van der Waals surface area (Å²) in [5.41, 5.74) is 9.32. The largest absolute Gasteiger partial charge is 0.439 e. The highest BCUT2D eigenvalue weighted by Crippen LogP contribution is 2.43. The Morgan fingerprint density at radius 1 is 0.867 bits per heavy atom. The van der Waals surface area contributed by atoms with Crippen LogP contribution in [-0.4, -0.2) is 0 Å². The van der Waals surface area contributed by atoms with Crippen LogP contribution in [0.15, 0.2) is 99.5 Å². The normalized spacial score (nSPS) is 15.4. The standard InChI is InChI=1S/C25H16N2O3/c26-14-19-21(17-12-10-16(11-13-17)15-6-2-1-3-7-15)22-23(30-24(19)27)18-8-4-5-9-20(18)29-25(22)28/h1-13,21H,27H2. The number of benzene rings is 3. The van der Waals surface area contributed by atoms with E-state index in [9.17, 15) is 10.1 Å². The van der Waals surface area contributed by atoms with Crippen LogP contribution in [0.5, 0.6) is 5.75 Å². The van der Waals surface area contributed by atoms with E-state index in [0.29, 0.717) is 16.7 Å². The monoisotopic (exact) mass is 392 g/mol. The van der Waals surface area contributed by atoms with Gasteiger partial charge in [0.2, 0.25) is 5.88 Å². The van der Waals surface area contributed by atoms with E-state index in [1.165, 1.54) is 0 Å². The lowest BCUT2D eigenvalue weighted by molar-refractivity contribution is 0.388. The second kappa shape index (κ2) is 6.94. The van der Waals surface area contributed by atoms with E-state index in [-0.39, 0.29) is 17.0 Å². The molecule has 1 unspecified atom stereocenters. The van der Waals surface area contributed by atoms with Gasteiger partial charge < -0.3 is 14.9 Å². The molecule has 144 valence electrons. The maximum absolute atomic E-state index is 12.9. The van der Waals surface area contributed by atoms with Crippen molar-refractivity contribution < 1.29 is 9.15 Å². The lowest BCUT2D eigenvalue weighted by Crippen LogP contribution is -2.26. The van der Waals surface area contributed by atoms with E-state index in [0.717, 1.165) is 16.7 Å². The second-order valence-electron chi connectivity index (χ2n) is 7.04. The molecule has 0 saturated heterocycles. The Hall–Kier alpha value is -4.30. The van der Waals surface area contributed by atoms with Crippen molar-refractivity contribution in [1.82, 2.24) is 0 Å². The van der Waals surface area contributed by atoms with Crippen molar-refractivity contribution >= 4 is 11.0 Å². The van der Waals surface area contributed by atoms with E-state index in [2.05, 4.69) is 6.07 Å². The molecule has 1 aliphatic heterocycles. The van der Waals surface area contributed by atoms with Crippen LogP contribution in [0, 0.1) is 11.3 Å². The summed E-state index contributed by atoms with van der Waals surface area (Å²) in [5.74, 6) is -0.321. The Kier molecular flexibility index (Phi) is 4.11. The van der Waals surface area contributed by atoms with Gasteiger partial charge in [-0.25, -0.2) is 4.79 Å². The third kappa shape index (κ3) is 2.75. The number of ether oxygens (including phenoxy) is 1. The first-order valence-electron chi connectivity index (χ1n) is 9.46. The predicted octanol–water partition coefficient (Wildman–Crippen LogP) is 4.68. The number of rotatable bonds is 2. The van der Waals surface area contributed by atoms with Crippen molar-refractivity contribution in [2.75, 3.05) is 0 Å². The highest BCUT2D eigenvalue weighted by molar-refractivity contribution is 5.86. The number of para-hydroxylation sites is 1. The van der Waals surface area contributed by atoms with Gasteiger partial charge in [-0.2, -0.15) is 5.26 Å². The molecule has 1 aliphatic rings. The van der Waals surface area contributed by atoms with Gasteiger partial charge in [0.15, 0.2) is 5.75 Å². The summed E-state index contributed by atoms with van der Waals surface area (Å²) in [6.45, 7) is 0. The third-order valence-electron chi connectivity index (χ3n) is 5.33. The Balaban J connectivity index is 1.71. The Morgan fingerprint density at radius 3 is 2.27 bits per heavy atom. The minimum atomic E-state index is -0.663. The van der Waals surface area contributed by atoms with Gasteiger partial charge in [-0.05, 0) is 28.8 Å². The molecule has 4 aromatic rings. The first-order chi connectivity index (χ1) is 14.7. The van der Waals surface area contributed by atoms with E-state index in [1.807, 2.05) is 60.7 Å². The minimum Gasteiger partial charge on any atom is -0.439 e. The first kappa shape index (κ1) is 17.8. The smallest absolute Gasteiger partial charge is 0.344 e. The molecule has 0 fully saturated rings. The minimum absolute atomic E-state index is 0.00195. The van der Waals surface area contributed by atoms with Crippen LogP contribution in [-0.2, 0) is 0 Å². The van der Waals surface area contributed by atoms with E-state index >= 15 is 0 Å². The number of allylic oxidation sites excluding steroid dienone is 1. The molecule has 2 heterocycles. The number of nitrogens with zero attached hydrogens (tertiary/aromatic N) is 1. The highest BCUT2D eigenvalue weighted by Gasteiger charge is 2.35. The lowest BCUT2D eigenvalue weighted by Gasteiger charge is -2.26. The van der Waals surface area contributed by atoms with Crippen LogP contribution < -0.4 is 16.1 Å². The van der Waals surface area contributed by atoms with E-state index in [1.54, 1.807) is 18.2 Å². The van der Waals surface area contributed by atoms with Gasteiger partial charge >= 0.3 is 5.63 Å². The van der Waals surface area contributed by atoms with Gasteiger partial charge in [0, 0.05) is 0 Å². The molecule has 0 radical (unpaired) electrons. The van der Waals surface area contributed by atoms with Crippen molar-refractivity contribution in [2.45, 2.75) is 5.92 Å². The fourth-order valence-corrected chi connectivity index (χ4v) is 3.90. The molecule has 0 spiro atoms. The lowest BCUT2D eigenvalue weighted by atomic mass is 9.83.